The zero-order valence-corrected chi connectivity index (χ0v) is 10.9. The SMILES string of the molecule is CCNc1ncnc(NCCCCCO)c1[N+](=O)[O-]. The van der Waals surface area contributed by atoms with Crippen LogP contribution >= 0.6 is 0 Å². The van der Waals surface area contributed by atoms with Crippen LogP contribution in [0.3, 0.4) is 0 Å². The quantitative estimate of drug-likeness (QED) is 0.352. The third-order valence-electron chi connectivity index (χ3n) is 2.48. The Morgan fingerprint density at radius 1 is 1.26 bits per heavy atom. The number of rotatable bonds is 9. The Morgan fingerprint density at radius 3 is 2.53 bits per heavy atom. The molecule has 8 heteroatoms. The van der Waals surface area contributed by atoms with E-state index in [1.165, 1.54) is 6.33 Å². The predicted octanol–water partition coefficient (Wildman–Crippen LogP) is 1.39. The Morgan fingerprint density at radius 2 is 1.95 bits per heavy atom. The Balaban J connectivity index is 2.70. The van der Waals surface area contributed by atoms with Gasteiger partial charge in [-0.1, -0.05) is 0 Å². The monoisotopic (exact) mass is 269 g/mol. The fourth-order valence-corrected chi connectivity index (χ4v) is 1.60. The molecule has 1 heterocycles. The smallest absolute Gasteiger partial charge is 0.353 e. The lowest BCUT2D eigenvalue weighted by molar-refractivity contribution is -0.383. The van der Waals surface area contributed by atoms with Gasteiger partial charge in [0.15, 0.2) is 0 Å². The summed E-state index contributed by atoms with van der Waals surface area (Å²) < 4.78 is 0. The minimum Gasteiger partial charge on any atom is -0.396 e. The lowest BCUT2D eigenvalue weighted by Gasteiger charge is -2.08. The summed E-state index contributed by atoms with van der Waals surface area (Å²) in [7, 11) is 0. The highest BCUT2D eigenvalue weighted by Crippen LogP contribution is 2.28. The van der Waals surface area contributed by atoms with Crippen molar-refractivity contribution in [2.24, 2.45) is 0 Å². The first-order chi connectivity index (χ1) is 9.20. The summed E-state index contributed by atoms with van der Waals surface area (Å²) in [5, 5.41) is 25.5. The molecule has 0 spiro atoms. The van der Waals surface area contributed by atoms with Gasteiger partial charge in [-0.05, 0) is 26.2 Å². The first kappa shape index (κ1) is 15.1. The molecule has 0 aliphatic heterocycles. The zero-order valence-electron chi connectivity index (χ0n) is 10.9. The summed E-state index contributed by atoms with van der Waals surface area (Å²) in [5.74, 6) is 0.445. The second-order valence-electron chi connectivity index (χ2n) is 3.92. The van der Waals surface area contributed by atoms with Crippen molar-refractivity contribution in [3.05, 3.63) is 16.4 Å². The normalized spacial score (nSPS) is 10.2. The highest BCUT2D eigenvalue weighted by Gasteiger charge is 2.21. The number of aromatic nitrogens is 2. The lowest BCUT2D eigenvalue weighted by Crippen LogP contribution is -2.10. The molecule has 0 saturated heterocycles. The second-order valence-corrected chi connectivity index (χ2v) is 3.92. The van der Waals surface area contributed by atoms with Crippen molar-refractivity contribution in [3.63, 3.8) is 0 Å². The van der Waals surface area contributed by atoms with Crippen LogP contribution in [0, 0.1) is 10.1 Å². The van der Waals surface area contributed by atoms with Crippen molar-refractivity contribution in [1.29, 1.82) is 0 Å². The van der Waals surface area contributed by atoms with Crippen molar-refractivity contribution in [1.82, 2.24) is 9.97 Å². The van der Waals surface area contributed by atoms with Crippen LogP contribution in [0.5, 0.6) is 0 Å². The standard InChI is InChI=1S/C11H19N5O3/c1-2-12-10-9(16(18)19)11(15-8-14-10)13-6-4-3-5-7-17/h8,17H,2-7H2,1H3,(H2,12,13,14,15). The van der Waals surface area contributed by atoms with Gasteiger partial charge in [0.2, 0.25) is 11.6 Å². The van der Waals surface area contributed by atoms with Crippen LogP contribution in [0.2, 0.25) is 0 Å². The van der Waals surface area contributed by atoms with Crippen molar-refractivity contribution in [3.8, 4) is 0 Å². The number of nitrogens with zero attached hydrogens (tertiary/aromatic N) is 3. The molecule has 0 radical (unpaired) electrons. The first-order valence-corrected chi connectivity index (χ1v) is 6.28. The molecule has 1 rings (SSSR count). The summed E-state index contributed by atoms with van der Waals surface area (Å²) in [6, 6.07) is 0. The maximum Gasteiger partial charge on any atom is 0.353 e. The van der Waals surface area contributed by atoms with Crippen LogP contribution in [0.1, 0.15) is 26.2 Å². The maximum absolute atomic E-state index is 11.1. The van der Waals surface area contributed by atoms with Crippen molar-refractivity contribution < 1.29 is 10.0 Å². The van der Waals surface area contributed by atoms with E-state index in [9.17, 15) is 10.1 Å². The van der Waals surface area contributed by atoms with Crippen LogP contribution in [0.25, 0.3) is 0 Å². The molecule has 0 saturated carbocycles. The van der Waals surface area contributed by atoms with E-state index >= 15 is 0 Å². The Kier molecular flexibility index (Phi) is 6.51. The molecule has 3 N–H and O–H groups in total. The predicted molar refractivity (Wildman–Crippen MR) is 72.3 cm³/mol. The molecule has 0 atom stereocenters. The lowest BCUT2D eigenvalue weighted by atomic mass is 10.2. The van der Waals surface area contributed by atoms with Gasteiger partial charge < -0.3 is 15.7 Å². The van der Waals surface area contributed by atoms with E-state index in [1.54, 1.807) is 0 Å². The highest BCUT2D eigenvalue weighted by atomic mass is 16.6. The van der Waals surface area contributed by atoms with Crippen molar-refractivity contribution in [2.45, 2.75) is 26.2 Å². The third-order valence-corrected chi connectivity index (χ3v) is 2.48. The number of nitrogens with one attached hydrogen (secondary N) is 2. The van der Waals surface area contributed by atoms with E-state index in [2.05, 4.69) is 20.6 Å². The second kappa shape index (κ2) is 8.20. The van der Waals surface area contributed by atoms with Gasteiger partial charge in [0, 0.05) is 19.7 Å². The number of hydrogen-bond acceptors (Lipinski definition) is 7. The van der Waals surface area contributed by atoms with Crippen LogP contribution < -0.4 is 10.6 Å². The molecule has 0 aromatic carbocycles. The molecule has 0 unspecified atom stereocenters. The molecule has 1 aromatic rings. The molecule has 1 aromatic heterocycles. The molecule has 19 heavy (non-hydrogen) atoms. The van der Waals surface area contributed by atoms with Gasteiger partial charge >= 0.3 is 5.69 Å². The number of hydrogen-bond donors (Lipinski definition) is 3. The minimum absolute atomic E-state index is 0.133. The highest BCUT2D eigenvalue weighted by molar-refractivity contribution is 5.69. The molecular weight excluding hydrogens is 250 g/mol. The average molecular weight is 269 g/mol. The average Bonchev–Trinajstić information content (AvgIpc) is 2.38. The molecule has 8 nitrogen and oxygen atoms in total. The van der Waals surface area contributed by atoms with E-state index in [1.807, 2.05) is 6.92 Å². The van der Waals surface area contributed by atoms with Gasteiger partial charge in [0.1, 0.15) is 6.33 Å². The van der Waals surface area contributed by atoms with Crippen LogP contribution in [-0.4, -0.2) is 39.7 Å². The van der Waals surface area contributed by atoms with E-state index < -0.39 is 4.92 Å². The first-order valence-electron chi connectivity index (χ1n) is 6.28. The van der Waals surface area contributed by atoms with Gasteiger partial charge in [-0.15, -0.1) is 0 Å². The van der Waals surface area contributed by atoms with Crippen molar-refractivity contribution in [2.75, 3.05) is 30.3 Å². The van der Waals surface area contributed by atoms with Crippen LogP contribution in [0.4, 0.5) is 17.3 Å². The molecule has 0 aliphatic carbocycles. The fourth-order valence-electron chi connectivity index (χ4n) is 1.60. The molecule has 0 aliphatic rings. The molecular formula is C11H19N5O3. The van der Waals surface area contributed by atoms with Gasteiger partial charge in [-0.25, -0.2) is 9.97 Å². The molecule has 0 amide bonds. The largest absolute Gasteiger partial charge is 0.396 e. The summed E-state index contributed by atoms with van der Waals surface area (Å²) in [6.07, 6.45) is 3.71. The summed E-state index contributed by atoms with van der Waals surface area (Å²) in [6.45, 7) is 3.13. The summed E-state index contributed by atoms with van der Waals surface area (Å²) in [4.78, 5) is 18.4. The number of unbranched alkanes of at least 4 members (excludes halogenated alkanes) is 2. The third kappa shape index (κ3) is 4.66. The zero-order chi connectivity index (χ0) is 14.1. The minimum atomic E-state index is -0.492. The van der Waals surface area contributed by atoms with E-state index in [0.717, 1.165) is 19.3 Å². The van der Waals surface area contributed by atoms with Crippen molar-refractivity contribution >= 4 is 17.3 Å². The Bertz CT molecular complexity index is 413. The number of nitro groups is 1. The van der Waals surface area contributed by atoms with E-state index in [-0.39, 0.29) is 23.9 Å². The fraction of sp³-hybridized carbons (Fsp3) is 0.636. The maximum atomic E-state index is 11.1. The van der Waals surface area contributed by atoms with Gasteiger partial charge in [-0.3, -0.25) is 10.1 Å². The number of aliphatic hydroxyl groups is 1. The van der Waals surface area contributed by atoms with Crippen LogP contribution in [-0.2, 0) is 0 Å². The van der Waals surface area contributed by atoms with E-state index in [4.69, 9.17) is 5.11 Å². The molecule has 106 valence electrons. The molecule has 0 fully saturated rings. The van der Waals surface area contributed by atoms with E-state index in [0.29, 0.717) is 13.1 Å². The number of anilines is 2. The van der Waals surface area contributed by atoms with Gasteiger partial charge in [-0.2, -0.15) is 0 Å². The summed E-state index contributed by atoms with van der Waals surface area (Å²) >= 11 is 0. The van der Waals surface area contributed by atoms with Gasteiger partial charge in [0.05, 0.1) is 4.92 Å². The van der Waals surface area contributed by atoms with Gasteiger partial charge in [0.25, 0.3) is 0 Å². The Labute approximate surface area is 111 Å². The number of aliphatic hydroxyl groups excluding tert-OH is 1. The van der Waals surface area contributed by atoms with Crippen LogP contribution in [0.15, 0.2) is 6.33 Å². The Hall–Kier alpha value is -1.96. The molecule has 0 bridgehead atoms. The summed E-state index contributed by atoms with van der Waals surface area (Å²) in [5.41, 5.74) is -0.133. The topological polar surface area (TPSA) is 113 Å².